The fourth-order valence-electron chi connectivity index (χ4n) is 1.33. The second-order valence-electron chi connectivity index (χ2n) is 4.03. The molecule has 0 aliphatic rings. The fourth-order valence-corrected chi connectivity index (χ4v) is 1.33. The normalized spacial score (nSPS) is 11.1. The third-order valence-electron chi connectivity index (χ3n) is 2.27. The van der Waals surface area contributed by atoms with E-state index < -0.39 is 31.1 Å². The topological polar surface area (TPSA) is 104 Å². The number of hydrogen-bond donors (Lipinski definition) is 3. The first-order valence-electron chi connectivity index (χ1n) is 5.78. The van der Waals surface area contributed by atoms with Crippen LogP contribution in [-0.2, 0) is 11.4 Å². The van der Waals surface area contributed by atoms with Gasteiger partial charge in [-0.1, -0.05) is 0 Å². The summed E-state index contributed by atoms with van der Waals surface area (Å²) in [4.78, 5) is 30.5. The molecule has 1 heterocycles. The second kappa shape index (κ2) is 6.97. The standard InChI is InChI=1S/C11H13F3N4O3/c1-6-9(15-2-7(4-19)18-6)10(21)16-3-8(20)17-5-11(12,13)14/h2,19H,3-5H2,1H3,(H,16,21)(H,17,20). The van der Waals surface area contributed by atoms with Crippen molar-refractivity contribution in [2.45, 2.75) is 19.7 Å². The van der Waals surface area contributed by atoms with Gasteiger partial charge in [0.15, 0.2) is 0 Å². The summed E-state index contributed by atoms with van der Waals surface area (Å²) in [6.07, 6.45) is -3.33. The van der Waals surface area contributed by atoms with Crippen LogP contribution < -0.4 is 10.6 Å². The Kier molecular flexibility index (Phi) is 5.59. The minimum absolute atomic E-state index is 0.0733. The number of nitrogens with one attached hydrogen (secondary N) is 2. The molecule has 21 heavy (non-hydrogen) atoms. The fraction of sp³-hybridized carbons (Fsp3) is 0.455. The van der Waals surface area contributed by atoms with Crippen LogP contribution in [0.2, 0.25) is 0 Å². The van der Waals surface area contributed by atoms with Gasteiger partial charge in [-0.15, -0.1) is 0 Å². The molecule has 7 nitrogen and oxygen atoms in total. The third-order valence-corrected chi connectivity index (χ3v) is 2.27. The largest absolute Gasteiger partial charge is 0.405 e. The Hall–Kier alpha value is -2.23. The van der Waals surface area contributed by atoms with Crippen LogP contribution in [0.25, 0.3) is 0 Å². The number of halogens is 3. The van der Waals surface area contributed by atoms with Crippen LogP contribution in [0.1, 0.15) is 21.9 Å². The van der Waals surface area contributed by atoms with E-state index in [2.05, 4.69) is 15.3 Å². The average molecular weight is 306 g/mol. The first-order valence-corrected chi connectivity index (χ1v) is 5.78. The van der Waals surface area contributed by atoms with Gasteiger partial charge in [0.05, 0.1) is 30.7 Å². The van der Waals surface area contributed by atoms with Gasteiger partial charge in [0.1, 0.15) is 12.2 Å². The molecular formula is C11H13F3N4O3. The number of aryl methyl sites for hydroxylation is 1. The molecule has 0 saturated heterocycles. The monoisotopic (exact) mass is 306 g/mol. The lowest BCUT2D eigenvalue weighted by atomic mass is 10.3. The molecule has 1 aromatic rings. The van der Waals surface area contributed by atoms with Gasteiger partial charge in [0, 0.05) is 0 Å². The van der Waals surface area contributed by atoms with E-state index in [4.69, 9.17) is 5.11 Å². The molecule has 0 atom stereocenters. The van der Waals surface area contributed by atoms with Gasteiger partial charge >= 0.3 is 6.18 Å². The molecule has 0 unspecified atom stereocenters. The number of hydrogen-bond acceptors (Lipinski definition) is 5. The van der Waals surface area contributed by atoms with Crippen molar-refractivity contribution < 1.29 is 27.9 Å². The Morgan fingerprint density at radius 3 is 2.52 bits per heavy atom. The highest BCUT2D eigenvalue weighted by molar-refractivity contribution is 5.95. The quantitative estimate of drug-likeness (QED) is 0.692. The maximum atomic E-state index is 11.9. The van der Waals surface area contributed by atoms with E-state index in [0.717, 1.165) is 0 Å². The van der Waals surface area contributed by atoms with Crippen LogP contribution in [0, 0.1) is 6.92 Å². The lowest BCUT2D eigenvalue weighted by Crippen LogP contribution is -2.41. The number of aliphatic hydroxyl groups excluding tert-OH is 1. The number of carbonyl (C=O) groups is 2. The Morgan fingerprint density at radius 2 is 2.00 bits per heavy atom. The average Bonchev–Trinajstić information content (AvgIpc) is 2.41. The summed E-state index contributed by atoms with van der Waals surface area (Å²) in [6.45, 7) is -0.941. The molecule has 0 radical (unpaired) electrons. The summed E-state index contributed by atoms with van der Waals surface area (Å²) >= 11 is 0. The molecule has 0 spiro atoms. The molecule has 1 aromatic heterocycles. The molecule has 1 rings (SSSR count). The van der Waals surface area contributed by atoms with Crippen LogP contribution in [0.5, 0.6) is 0 Å². The zero-order chi connectivity index (χ0) is 16.0. The number of nitrogens with zero attached hydrogens (tertiary/aromatic N) is 2. The predicted octanol–water partition coefficient (Wildman–Crippen LogP) is -0.314. The molecular weight excluding hydrogens is 293 g/mol. The minimum Gasteiger partial charge on any atom is -0.390 e. The Bertz CT molecular complexity index is 534. The minimum atomic E-state index is -4.51. The van der Waals surface area contributed by atoms with Crippen LogP contribution in [0.3, 0.4) is 0 Å². The van der Waals surface area contributed by atoms with Crippen LogP contribution in [0.4, 0.5) is 13.2 Å². The van der Waals surface area contributed by atoms with E-state index in [9.17, 15) is 22.8 Å². The Morgan fingerprint density at radius 1 is 1.33 bits per heavy atom. The van der Waals surface area contributed by atoms with E-state index in [1.54, 1.807) is 5.32 Å². The molecule has 116 valence electrons. The number of rotatable bonds is 5. The highest BCUT2D eigenvalue weighted by atomic mass is 19.4. The van der Waals surface area contributed by atoms with E-state index in [1.165, 1.54) is 13.1 Å². The Labute approximate surface area is 117 Å². The maximum Gasteiger partial charge on any atom is 0.405 e. The van der Waals surface area contributed by atoms with Crippen molar-refractivity contribution in [2.75, 3.05) is 13.1 Å². The summed E-state index contributed by atoms with van der Waals surface area (Å²) in [5, 5.41) is 12.6. The summed E-state index contributed by atoms with van der Waals surface area (Å²) in [5.74, 6) is -1.72. The molecule has 0 saturated carbocycles. The smallest absolute Gasteiger partial charge is 0.390 e. The molecule has 0 aliphatic heterocycles. The number of carbonyl (C=O) groups excluding carboxylic acids is 2. The lowest BCUT2D eigenvalue weighted by molar-refractivity contribution is -0.137. The molecule has 10 heteroatoms. The van der Waals surface area contributed by atoms with Gasteiger partial charge in [0.25, 0.3) is 5.91 Å². The molecule has 0 aliphatic carbocycles. The Balaban J connectivity index is 2.52. The van der Waals surface area contributed by atoms with Crippen LogP contribution in [0.15, 0.2) is 6.20 Å². The molecule has 2 amide bonds. The second-order valence-corrected chi connectivity index (χ2v) is 4.03. The number of aliphatic hydroxyl groups is 1. The number of aromatic nitrogens is 2. The van der Waals surface area contributed by atoms with Crippen LogP contribution in [-0.4, -0.2) is 46.2 Å². The van der Waals surface area contributed by atoms with Gasteiger partial charge in [-0.2, -0.15) is 13.2 Å². The summed E-state index contributed by atoms with van der Waals surface area (Å²) < 4.78 is 35.6. The molecule has 0 aromatic carbocycles. The zero-order valence-electron chi connectivity index (χ0n) is 11.0. The number of amides is 2. The van der Waals surface area contributed by atoms with Gasteiger partial charge in [-0.05, 0) is 6.92 Å². The van der Waals surface area contributed by atoms with E-state index in [1.807, 2.05) is 0 Å². The SMILES string of the molecule is Cc1nc(CO)cnc1C(=O)NCC(=O)NCC(F)(F)F. The van der Waals surface area contributed by atoms with Crippen molar-refractivity contribution in [2.24, 2.45) is 0 Å². The third kappa shape index (κ3) is 5.73. The molecule has 3 N–H and O–H groups in total. The van der Waals surface area contributed by atoms with E-state index >= 15 is 0 Å². The molecule has 0 bridgehead atoms. The first kappa shape index (κ1) is 16.8. The lowest BCUT2D eigenvalue weighted by Gasteiger charge is -2.09. The van der Waals surface area contributed by atoms with Crippen molar-refractivity contribution in [1.29, 1.82) is 0 Å². The number of alkyl halides is 3. The van der Waals surface area contributed by atoms with Gasteiger partial charge in [0.2, 0.25) is 5.91 Å². The summed E-state index contributed by atoms with van der Waals surface area (Å²) in [6, 6.07) is 0. The van der Waals surface area contributed by atoms with Crippen LogP contribution >= 0.6 is 0 Å². The van der Waals surface area contributed by atoms with Crippen molar-refractivity contribution in [1.82, 2.24) is 20.6 Å². The summed E-state index contributed by atoms with van der Waals surface area (Å²) in [5.41, 5.74) is 0.428. The highest BCUT2D eigenvalue weighted by Crippen LogP contribution is 2.11. The van der Waals surface area contributed by atoms with Gasteiger partial charge in [-0.3, -0.25) is 14.6 Å². The molecule has 0 fully saturated rings. The van der Waals surface area contributed by atoms with Crippen molar-refractivity contribution in [3.8, 4) is 0 Å². The van der Waals surface area contributed by atoms with Gasteiger partial charge < -0.3 is 15.7 Å². The van der Waals surface area contributed by atoms with Gasteiger partial charge in [-0.25, -0.2) is 4.98 Å². The maximum absolute atomic E-state index is 11.9. The van der Waals surface area contributed by atoms with E-state index in [-0.39, 0.29) is 23.7 Å². The predicted molar refractivity (Wildman–Crippen MR) is 64.1 cm³/mol. The van der Waals surface area contributed by atoms with Crippen molar-refractivity contribution >= 4 is 11.8 Å². The van der Waals surface area contributed by atoms with Crippen molar-refractivity contribution in [3.63, 3.8) is 0 Å². The zero-order valence-corrected chi connectivity index (χ0v) is 11.0. The first-order chi connectivity index (χ1) is 9.73. The van der Waals surface area contributed by atoms with E-state index in [0.29, 0.717) is 0 Å². The van der Waals surface area contributed by atoms with Crippen molar-refractivity contribution in [3.05, 3.63) is 23.3 Å². The summed E-state index contributed by atoms with van der Waals surface area (Å²) in [7, 11) is 0. The highest BCUT2D eigenvalue weighted by Gasteiger charge is 2.27.